The Hall–Kier alpha value is -2.61. The van der Waals surface area contributed by atoms with Crippen LogP contribution < -0.4 is 5.32 Å². The molecule has 8 heteroatoms. The summed E-state index contributed by atoms with van der Waals surface area (Å²) in [5, 5.41) is 12.4. The molecule has 8 nitrogen and oxygen atoms in total. The van der Waals surface area contributed by atoms with Crippen LogP contribution in [0.15, 0.2) is 24.3 Å². The molecular formula is C19H27N3O5. The molecule has 3 amide bonds. The maximum absolute atomic E-state index is 12.6. The van der Waals surface area contributed by atoms with Crippen molar-refractivity contribution in [3.8, 4) is 0 Å². The van der Waals surface area contributed by atoms with Crippen molar-refractivity contribution in [1.82, 2.24) is 9.80 Å². The van der Waals surface area contributed by atoms with Crippen LogP contribution in [0.2, 0.25) is 0 Å². The van der Waals surface area contributed by atoms with E-state index in [2.05, 4.69) is 5.32 Å². The smallest absolute Gasteiger partial charge is 0.410 e. The second-order valence-corrected chi connectivity index (χ2v) is 7.52. The van der Waals surface area contributed by atoms with Gasteiger partial charge < -0.3 is 25.0 Å². The molecule has 1 unspecified atom stereocenters. The quantitative estimate of drug-likeness (QED) is 0.788. The number of anilines is 1. The predicted molar refractivity (Wildman–Crippen MR) is 101 cm³/mol. The summed E-state index contributed by atoms with van der Waals surface area (Å²) in [6, 6.07) is 5.73. The van der Waals surface area contributed by atoms with Crippen LogP contribution in [-0.2, 0) is 4.74 Å². The van der Waals surface area contributed by atoms with Crippen LogP contribution in [0.25, 0.3) is 0 Å². The van der Waals surface area contributed by atoms with Gasteiger partial charge in [0.2, 0.25) is 0 Å². The summed E-state index contributed by atoms with van der Waals surface area (Å²) in [6.07, 6.45) is -0.463. The minimum absolute atomic E-state index is 0.0923. The van der Waals surface area contributed by atoms with Crippen LogP contribution in [-0.4, -0.2) is 70.7 Å². The number of aliphatic hydroxyl groups excluding tert-OH is 1. The standard InChI is InChI=1S/C19H27N3O5/c1-13(24)14-6-5-7-15(10-14)20-17(25)22-9-8-21(11-16(22)12-23)18(26)27-19(2,3)4/h5-7,10,16,23H,8-9,11-12H2,1-4H3,(H,20,25). The lowest BCUT2D eigenvalue weighted by Crippen LogP contribution is -2.59. The third-order valence-corrected chi connectivity index (χ3v) is 4.13. The van der Waals surface area contributed by atoms with Crippen molar-refractivity contribution < 1.29 is 24.2 Å². The van der Waals surface area contributed by atoms with Crippen molar-refractivity contribution in [3.63, 3.8) is 0 Å². The van der Waals surface area contributed by atoms with E-state index in [-0.39, 0.29) is 25.5 Å². The average Bonchev–Trinajstić information content (AvgIpc) is 2.59. The van der Waals surface area contributed by atoms with Crippen molar-refractivity contribution in [2.24, 2.45) is 0 Å². The molecule has 0 radical (unpaired) electrons. The van der Waals surface area contributed by atoms with Crippen molar-refractivity contribution >= 4 is 23.6 Å². The van der Waals surface area contributed by atoms with E-state index >= 15 is 0 Å². The van der Waals surface area contributed by atoms with Crippen molar-refractivity contribution in [2.75, 3.05) is 31.6 Å². The molecule has 0 bridgehead atoms. The Bertz CT molecular complexity index is 714. The molecule has 0 aliphatic carbocycles. The van der Waals surface area contributed by atoms with Gasteiger partial charge in [-0.1, -0.05) is 12.1 Å². The lowest BCUT2D eigenvalue weighted by atomic mass is 10.1. The number of ether oxygens (including phenoxy) is 1. The van der Waals surface area contributed by atoms with Gasteiger partial charge in [-0.3, -0.25) is 4.79 Å². The lowest BCUT2D eigenvalue weighted by Gasteiger charge is -2.40. The number of hydrogen-bond acceptors (Lipinski definition) is 5. The summed E-state index contributed by atoms with van der Waals surface area (Å²) in [5.74, 6) is -0.0923. The molecule has 1 aromatic rings. The molecular weight excluding hydrogens is 350 g/mol. The Morgan fingerprint density at radius 1 is 1.26 bits per heavy atom. The first kappa shape index (κ1) is 20.7. The first-order valence-electron chi connectivity index (χ1n) is 8.88. The highest BCUT2D eigenvalue weighted by atomic mass is 16.6. The number of aliphatic hydroxyl groups is 1. The number of benzene rings is 1. The maximum Gasteiger partial charge on any atom is 0.410 e. The minimum Gasteiger partial charge on any atom is -0.444 e. The number of hydrogen-bond donors (Lipinski definition) is 2. The first-order valence-corrected chi connectivity index (χ1v) is 8.88. The summed E-state index contributed by atoms with van der Waals surface area (Å²) in [6.45, 7) is 7.30. The van der Waals surface area contributed by atoms with Gasteiger partial charge >= 0.3 is 12.1 Å². The van der Waals surface area contributed by atoms with Crippen LogP contribution in [0.1, 0.15) is 38.1 Å². The van der Waals surface area contributed by atoms with Gasteiger partial charge in [-0.05, 0) is 39.8 Å². The van der Waals surface area contributed by atoms with E-state index in [1.165, 1.54) is 16.7 Å². The fraction of sp³-hybridized carbons (Fsp3) is 0.526. The van der Waals surface area contributed by atoms with E-state index in [0.717, 1.165) is 0 Å². The topological polar surface area (TPSA) is 99.2 Å². The molecule has 1 saturated heterocycles. The molecule has 2 rings (SSSR count). The van der Waals surface area contributed by atoms with E-state index in [0.29, 0.717) is 17.8 Å². The van der Waals surface area contributed by atoms with Gasteiger partial charge in [-0.25, -0.2) is 9.59 Å². The highest BCUT2D eigenvalue weighted by molar-refractivity contribution is 5.96. The van der Waals surface area contributed by atoms with E-state index in [1.807, 2.05) is 0 Å². The zero-order chi connectivity index (χ0) is 20.2. The van der Waals surface area contributed by atoms with E-state index < -0.39 is 23.8 Å². The third-order valence-electron chi connectivity index (χ3n) is 4.13. The fourth-order valence-corrected chi connectivity index (χ4v) is 2.78. The Labute approximate surface area is 159 Å². The zero-order valence-electron chi connectivity index (χ0n) is 16.2. The molecule has 1 atom stereocenters. The number of rotatable bonds is 3. The number of urea groups is 1. The van der Waals surface area contributed by atoms with Crippen LogP contribution in [0, 0.1) is 0 Å². The number of piperazine rings is 1. The number of carbonyl (C=O) groups excluding carboxylic acids is 3. The molecule has 1 heterocycles. The molecule has 148 valence electrons. The maximum atomic E-state index is 12.6. The predicted octanol–water partition coefficient (Wildman–Crippen LogP) is 2.33. The molecule has 27 heavy (non-hydrogen) atoms. The number of nitrogens with one attached hydrogen (secondary N) is 1. The molecule has 0 aromatic heterocycles. The van der Waals surface area contributed by atoms with Gasteiger partial charge in [0.15, 0.2) is 5.78 Å². The first-order chi connectivity index (χ1) is 12.6. The fourth-order valence-electron chi connectivity index (χ4n) is 2.78. The second-order valence-electron chi connectivity index (χ2n) is 7.52. The Balaban J connectivity index is 2.02. The van der Waals surface area contributed by atoms with E-state index in [1.54, 1.807) is 45.0 Å². The monoisotopic (exact) mass is 377 g/mol. The molecule has 1 aliphatic rings. The van der Waals surface area contributed by atoms with Crippen molar-refractivity contribution in [1.29, 1.82) is 0 Å². The molecule has 0 spiro atoms. The largest absolute Gasteiger partial charge is 0.444 e. The number of amides is 3. The lowest BCUT2D eigenvalue weighted by molar-refractivity contribution is 0.00415. The van der Waals surface area contributed by atoms with Crippen LogP contribution in [0.5, 0.6) is 0 Å². The molecule has 0 saturated carbocycles. The number of nitrogens with zero attached hydrogens (tertiary/aromatic N) is 2. The van der Waals surface area contributed by atoms with Crippen LogP contribution >= 0.6 is 0 Å². The van der Waals surface area contributed by atoms with Gasteiger partial charge in [0.1, 0.15) is 5.60 Å². The Kier molecular flexibility index (Phi) is 6.43. The number of Topliss-reactive ketones (excluding diaryl/α,β-unsaturated/α-hetero) is 1. The molecule has 1 fully saturated rings. The van der Waals surface area contributed by atoms with Gasteiger partial charge in [0, 0.05) is 30.9 Å². The van der Waals surface area contributed by atoms with Crippen LogP contribution in [0.4, 0.5) is 15.3 Å². The van der Waals surface area contributed by atoms with Gasteiger partial charge in [-0.15, -0.1) is 0 Å². The third kappa shape index (κ3) is 5.68. The summed E-state index contributed by atoms with van der Waals surface area (Å²) in [5.41, 5.74) is 0.391. The summed E-state index contributed by atoms with van der Waals surface area (Å²) >= 11 is 0. The summed E-state index contributed by atoms with van der Waals surface area (Å²) < 4.78 is 5.35. The van der Waals surface area contributed by atoms with Gasteiger partial charge in [0.25, 0.3) is 0 Å². The molecule has 1 aromatic carbocycles. The highest BCUT2D eigenvalue weighted by Crippen LogP contribution is 2.17. The SMILES string of the molecule is CC(=O)c1cccc(NC(=O)N2CCN(C(=O)OC(C)(C)C)CC2CO)c1. The average molecular weight is 377 g/mol. The highest BCUT2D eigenvalue weighted by Gasteiger charge is 2.34. The zero-order valence-corrected chi connectivity index (χ0v) is 16.2. The normalized spacial score (nSPS) is 17.4. The van der Waals surface area contributed by atoms with Crippen molar-refractivity contribution in [3.05, 3.63) is 29.8 Å². The van der Waals surface area contributed by atoms with E-state index in [9.17, 15) is 19.5 Å². The Morgan fingerprint density at radius 2 is 1.96 bits per heavy atom. The van der Waals surface area contributed by atoms with Crippen LogP contribution in [0.3, 0.4) is 0 Å². The number of carbonyl (C=O) groups is 3. The van der Waals surface area contributed by atoms with Gasteiger partial charge in [-0.2, -0.15) is 0 Å². The van der Waals surface area contributed by atoms with Gasteiger partial charge in [0.05, 0.1) is 12.6 Å². The Morgan fingerprint density at radius 3 is 2.56 bits per heavy atom. The summed E-state index contributed by atoms with van der Waals surface area (Å²) in [7, 11) is 0. The van der Waals surface area contributed by atoms with Crippen molar-refractivity contribution in [2.45, 2.75) is 39.3 Å². The second kappa shape index (κ2) is 8.39. The molecule has 1 aliphatic heterocycles. The summed E-state index contributed by atoms with van der Waals surface area (Å²) in [4.78, 5) is 39.3. The minimum atomic E-state index is -0.609. The van der Waals surface area contributed by atoms with E-state index in [4.69, 9.17) is 4.74 Å². The molecule has 2 N–H and O–H groups in total. The number of ketones is 1.